The smallest absolute Gasteiger partial charge is 0.229 e. The molecule has 15 heavy (non-hydrogen) atoms. The number of anilines is 1. The highest BCUT2D eigenvalue weighted by Crippen LogP contribution is 2.15. The largest absolute Gasteiger partial charge is 0.313 e. The van der Waals surface area contributed by atoms with Crippen molar-refractivity contribution in [2.24, 2.45) is 0 Å². The van der Waals surface area contributed by atoms with Gasteiger partial charge < -0.3 is 5.32 Å². The molecule has 0 saturated heterocycles. The average Bonchev–Trinajstić information content (AvgIpc) is 2.15. The third-order valence-electron chi connectivity index (χ3n) is 2.15. The molecule has 5 heteroatoms. The van der Waals surface area contributed by atoms with Crippen LogP contribution in [0.1, 0.15) is 18.5 Å². The molecule has 1 aromatic carbocycles. The van der Waals surface area contributed by atoms with Crippen LogP contribution in [0.2, 0.25) is 0 Å². The molecule has 0 aliphatic heterocycles. The minimum absolute atomic E-state index is 0.261. The number of rotatable bonds is 4. The van der Waals surface area contributed by atoms with Crippen LogP contribution in [-0.4, -0.2) is 21.7 Å². The van der Waals surface area contributed by atoms with Crippen LogP contribution in [0.25, 0.3) is 0 Å². The molecule has 0 bridgehead atoms. The summed E-state index contributed by atoms with van der Waals surface area (Å²) >= 11 is 0. The monoisotopic (exact) mass is 228 g/mol. The van der Waals surface area contributed by atoms with Crippen molar-refractivity contribution in [1.29, 1.82) is 0 Å². The van der Waals surface area contributed by atoms with Crippen LogP contribution in [0.5, 0.6) is 0 Å². The summed E-state index contributed by atoms with van der Waals surface area (Å²) in [6, 6.07) is 7.56. The summed E-state index contributed by atoms with van der Waals surface area (Å²) in [5.41, 5.74) is 1.71. The molecule has 0 saturated carbocycles. The van der Waals surface area contributed by atoms with E-state index in [9.17, 15) is 8.42 Å². The van der Waals surface area contributed by atoms with Crippen LogP contribution < -0.4 is 10.0 Å². The van der Waals surface area contributed by atoms with Crippen molar-refractivity contribution < 1.29 is 8.42 Å². The highest BCUT2D eigenvalue weighted by molar-refractivity contribution is 7.92. The van der Waals surface area contributed by atoms with Gasteiger partial charge in [0.15, 0.2) is 0 Å². The topological polar surface area (TPSA) is 58.2 Å². The second kappa shape index (κ2) is 4.63. The fraction of sp³-hybridized carbons (Fsp3) is 0.400. The van der Waals surface area contributed by atoms with Gasteiger partial charge >= 0.3 is 0 Å². The summed E-state index contributed by atoms with van der Waals surface area (Å²) in [4.78, 5) is 0. The van der Waals surface area contributed by atoms with Crippen molar-refractivity contribution in [3.8, 4) is 0 Å². The zero-order chi connectivity index (χ0) is 11.5. The van der Waals surface area contributed by atoms with Gasteiger partial charge in [-0.05, 0) is 31.7 Å². The van der Waals surface area contributed by atoms with E-state index in [1.54, 1.807) is 12.1 Å². The molecule has 0 spiro atoms. The Morgan fingerprint density at radius 2 is 1.73 bits per heavy atom. The molecule has 0 aromatic heterocycles. The van der Waals surface area contributed by atoms with E-state index < -0.39 is 10.0 Å². The van der Waals surface area contributed by atoms with Gasteiger partial charge in [-0.2, -0.15) is 0 Å². The zero-order valence-electron chi connectivity index (χ0n) is 9.11. The van der Waals surface area contributed by atoms with Crippen molar-refractivity contribution in [2.45, 2.75) is 13.0 Å². The maximum atomic E-state index is 11.0. The van der Waals surface area contributed by atoms with Crippen molar-refractivity contribution >= 4 is 15.7 Å². The zero-order valence-corrected chi connectivity index (χ0v) is 9.93. The van der Waals surface area contributed by atoms with Gasteiger partial charge in [0.25, 0.3) is 0 Å². The van der Waals surface area contributed by atoms with Crippen LogP contribution in [0, 0.1) is 0 Å². The third-order valence-corrected chi connectivity index (χ3v) is 2.75. The van der Waals surface area contributed by atoms with Gasteiger partial charge in [0.2, 0.25) is 10.0 Å². The molecule has 0 amide bonds. The molecule has 1 unspecified atom stereocenters. The molecule has 2 N–H and O–H groups in total. The maximum absolute atomic E-state index is 11.0. The average molecular weight is 228 g/mol. The van der Waals surface area contributed by atoms with Gasteiger partial charge in [0.1, 0.15) is 0 Å². The van der Waals surface area contributed by atoms with Crippen LogP contribution in [0.4, 0.5) is 5.69 Å². The summed E-state index contributed by atoms with van der Waals surface area (Å²) in [6.45, 7) is 2.04. The van der Waals surface area contributed by atoms with E-state index >= 15 is 0 Å². The molecule has 0 radical (unpaired) electrons. The Balaban J connectivity index is 2.81. The van der Waals surface area contributed by atoms with E-state index in [4.69, 9.17) is 0 Å². The van der Waals surface area contributed by atoms with E-state index in [-0.39, 0.29) is 6.04 Å². The lowest BCUT2D eigenvalue weighted by Gasteiger charge is -2.11. The van der Waals surface area contributed by atoms with Crippen molar-refractivity contribution in [3.05, 3.63) is 29.8 Å². The van der Waals surface area contributed by atoms with Crippen molar-refractivity contribution in [3.63, 3.8) is 0 Å². The van der Waals surface area contributed by atoms with E-state index in [2.05, 4.69) is 10.0 Å². The molecular weight excluding hydrogens is 212 g/mol. The molecule has 84 valence electrons. The predicted molar refractivity (Wildman–Crippen MR) is 62.4 cm³/mol. The number of benzene rings is 1. The highest BCUT2D eigenvalue weighted by atomic mass is 32.2. The molecule has 1 atom stereocenters. The first-order chi connectivity index (χ1) is 6.92. The standard InChI is InChI=1S/C10H16N2O2S/c1-8(11-2)9-4-6-10(7-5-9)12-15(3,13)14/h4-8,11-12H,1-3H3. The SMILES string of the molecule is CNC(C)c1ccc(NS(C)(=O)=O)cc1. The fourth-order valence-corrected chi connectivity index (χ4v) is 1.78. The highest BCUT2D eigenvalue weighted by Gasteiger charge is 2.04. The van der Waals surface area contributed by atoms with Crippen molar-refractivity contribution in [2.75, 3.05) is 18.0 Å². The summed E-state index contributed by atoms with van der Waals surface area (Å²) in [6.07, 6.45) is 1.14. The first-order valence-electron chi connectivity index (χ1n) is 4.67. The maximum Gasteiger partial charge on any atom is 0.229 e. The quantitative estimate of drug-likeness (QED) is 0.817. The second-order valence-corrected chi connectivity index (χ2v) is 5.26. The van der Waals surface area contributed by atoms with Gasteiger partial charge in [-0.25, -0.2) is 8.42 Å². The lowest BCUT2D eigenvalue weighted by molar-refractivity contribution is 0.607. The van der Waals surface area contributed by atoms with Crippen LogP contribution in [0.15, 0.2) is 24.3 Å². The Bertz CT molecular complexity index is 412. The summed E-state index contributed by atoms with van der Waals surface area (Å²) in [7, 11) is -1.30. The van der Waals surface area contributed by atoms with E-state index in [0.717, 1.165) is 11.8 Å². The molecule has 0 aliphatic carbocycles. The minimum atomic E-state index is -3.18. The normalized spacial score (nSPS) is 13.5. The molecule has 0 fully saturated rings. The Hall–Kier alpha value is -1.07. The second-order valence-electron chi connectivity index (χ2n) is 3.51. The first kappa shape index (κ1) is 12.0. The minimum Gasteiger partial charge on any atom is -0.313 e. The Morgan fingerprint density at radius 3 is 2.13 bits per heavy atom. The van der Waals surface area contributed by atoms with Crippen LogP contribution in [0.3, 0.4) is 0 Å². The van der Waals surface area contributed by atoms with Crippen LogP contribution >= 0.6 is 0 Å². The van der Waals surface area contributed by atoms with E-state index in [0.29, 0.717) is 5.69 Å². The number of hydrogen-bond acceptors (Lipinski definition) is 3. The Labute approximate surface area is 90.8 Å². The Morgan fingerprint density at radius 1 is 1.20 bits per heavy atom. The van der Waals surface area contributed by atoms with Gasteiger partial charge in [-0.3, -0.25) is 4.72 Å². The molecule has 0 aliphatic rings. The van der Waals surface area contributed by atoms with Crippen LogP contribution in [-0.2, 0) is 10.0 Å². The number of hydrogen-bond donors (Lipinski definition) is 2. The lowest BCUT2D eigenvalue weighted by Crippen LogP contribution is -2.13. The summed E-state index contributed by atoms with van der Waals surface area (Å²) in [5, 5.41) is 3.11. The summed E-state index contributed by atoms with van der Waals surface area (Å²) < 4.78 is 24.3. The van der Waals surface area contributed by atoms with E-state index in [1.807, 2.05) is 26.1 Å². The number of nitrogens with one attached hydrogen (secondary N) is 2. The third kappa shape index (κ3) is 3.89. The molecule has 4 nitrogen and oxygen atoms in total. The molecule has 0 heterocycles. The van der Waals surface area contributed by atoms with Crippen molar-refractivity contribution in [1.82, 2.24) is 5.32 Å². The fourth-order valence-electron chi connectivity index (χ4n) is 1.22. The van der Waals surface area contributed by atoms with Gasteiger partial charge in [0.05, 0.1) is 6.26 Å². The molecular formula is C10H16N2O2S. The molecule has 1 rings (SSSR count). The number of sulfonamides is 1. The van der Waals surface area contributed by atoms with Gasteiger partial charge in [0, 0.05) is 11.7 Å². The molecule has 1 aromatic rings. The Kier molecular flexibility index (Phi) is 3.71. The summed E-state index contributed by atoms with van der Waals surface area (Å²) in [5.74, 6) is 0. The predicted octanol–water partition coefficient (Wildman–Crippen LogP) is 1.34. The van der Waals surface area contributed by atoms with Gasteiger partial charge in [-0.1, -0.05) is 12.1 Å². The van der Waals surface area contributed by atoms with Gasteiger partial charge in [-0.15, -0.1) is 0 Å². The van der Waals surface area contributed by atoms with E-state index in [1.165, 1.54) is 0 Å². The first-order valence-corrected chi connectivity index (χ1v) is 6.56. The lowest BCUT2D eigenvalue weighted by atomic mass is 10.1.